The summed E-state index contributed by atoms with van der Waals surface area (Å²) < 4.78 is 0. The molecule has 2 aliphatic heterocycles. The molecule has 5 heterocycles. The van der Waals surface area contributed by atoms with Crippen LogP contribution in [-0.4, -0.2) is 39.9 Å². The van der Waals surface area contributed by atoms with E-state index in [2.05, 4.69) is 29.7 Å². The zero-order valence-electron chi connectivity index (χ0n) is 24.3. The lowest BCUT2D eigenvalue weighted by Crippen LogP contribution is -1.88. The van der Waals surface area contributed by atoms with Gasteiger partial charge in [-0.2, -0.15) is 0 Å². The van der Waals surface area contributed by atoms with Gasteiger partial charge in [0.05, 0.1) is 0 Å². The molecule has 1 aromatic carbocycles. The van der Waals surface area contributed by atoms with E-state index in [1.165, 1.54) is 0 Å². The van der Waals surface area contributed by atoms with E-state index < -0.39 is 0 Å². The first-order valence-electron chi connectivity index (χ1n) is 13.9. The second kappa shape index (κ2) is 11.3. The van der Waals surface area contributed by atoms with Crippen molar-refractivity contribution in [2.75, 3.05) is 0 Å². The number of allylic oxidation sites excluding steroid dienone is 11. The van der Waals surface area contributed by atoms with Gasteiger partial charge >= 0.3 is 0 Å². The summed E-state index contributed by atoms with van der Waals surface area (Å²) in [5.74, 6) is 2.00. The quantitative estimate of drug-likeness (QED) is 0.246. The van der Waals surface area contributed by atoms with Crippen molar-refractivity contribution in [1.82, 2.24) is 39.9 Å². The van der Waals surface area contributed by atoms with Crippen LogP contribution in [-0.2, 0) is 0 Å². The van der Waals surface area contributed by atoms with Gasteiger partial charge < -0.3 is 9.97 Å². The van der Waals surface area contributed by atoms with Crippen molar-refractivity contribution in [2.45, 2.75) is 20.8 Å². The summed E-state index contributed by atoms with van der Waals surface area (Å²) in [7, 11) is 0. The SMILES string of the molecule is C=CC1=C(/C=C\C)c2nc1nc1[nH]c(nc3nc(nc4[nH]c(n2)c2ccccc42)C(/C=C\C)=C3C=C)c(/C=C\C)c1C=C. The Morgan fingerprint density at radius 3 is 1.35 bits per heavy atom. The van der Waals surface area contributed by atoms with E-state index in [1.807, 2.05) is 81.5 Å². The van der Waals surface area contributed by atoms with Crippen LogP contribution in [0.4, 0.5) is 0 Å². The molecule has 4 aromatic rings. The molecule has 0 amide bonds. The predicted octanol–water partition coefficient (Wildman–Crippen LogP) is 8.07. The standard InChI is InChI=1S/C35H30N8/c1-7-15-23-20(10-4)28-36-29-21(11-5)24(16-8-2)32(38-29)41-34-26-18-13-14-19-27(26)35(43-34)42-33-25(17-9-3)22(12-6)30(40-33)39-31(23)37-28/h7-19H,4-6H2,1-3H3,(H2,36,37,38,39,40,41,42,43)/b15-7-,16-8-,17-9-. The molecule has 0 saturated heterocycles. The smallest absolute Gasteiger partial charge is 0.164 e. The Morgan fingerprint density at radius 1 is 0.488 bits per heavy atom. The molecule has 0 aliphatic carbocycles. The Bertz CT molecular complexity index is 2160. The number of aromatic amines is 2. The third-order valence-corrected chi connectivity index (χ3v) is 7.16. The van der Waals surface area contributed by atoms with Crippen LogP contribution < -0.4 is 0 Å². The van der Waals surface area contributed by atoms with Gasteiger partial charge in [0.1, 0.15) is 22.6 Å². The maximum absolute atomic E-state index is 5.02. The van der Waals surface area contributed by atoms with Crippen LogP contribution >= 0.6 is 0 Å². The van der Waals surface area contributed by atoms with Gasteiger partial charge in [0.2, 0.25) is 0 Å². The van der Waals surface area contributed by atoms with Crippen LogP contribution in [0.5, 0.6) is 0 Å². The molecule has 0 atom stereocenters. The van der Waals surface area contributed by atoms with Gasteiger partial charge in [-0.15, -0.1) is 0 Å². The second-order valence-corrected chi connectivity index (χ2v) is 9.75. The number of H-pyrrole nitrogens is 2. The van der Waals surface area contributed by atoms with Gasteiger partial charge in [0.25, 0.3) is 0 Å². The summed E-state index contributed by atoms with van der Waals surface area (Å²) in [6.45, 7) is 18.1. The molecule has 43 heavy (non-hydrogen) atoms. The van der Waals surface area contributed by atoms with Crippen molar-refractivity contribution < 1.29 is 0 Å². The van der Waals surface area contributed by atoms with Crippen LogP contribution in [0.2, 0.25) is 0 Å². The third-order valence-electron chi connectivity index (χ3n) is 7.16. The first kappa shape index (κ1) is 27.4. The number of nitrogens with one attached hydrogen (secondary N) is 2. The molecule has 8 nitrogen and oxygen atoms in total. The monoisotopic (exact) mass is 562 g/mol. The van der Waals surface area contributed by atoms with Crippen LogP contribution in [0, 0.1) is 0 Å². The summed E-state index contributed by atoms with van der Waals surface area (Å²) in [6.07, 6.45) is 17.0. The summed E-state index contributed by atoms with van der Waals surface area (Å²) in [5, 5.41) is 1.82. The fourth-order valence-corrected chi connectivity index (χ4v) is 5.29. The zero-order valence-corrected chi connectivity index (χ0v) is 24.3. The summed E-state index contributed by atoms with van der Waals surface area (Å²) in [5.41, 5.74) is 7.19. The number of hydrogen-bond donors (Lipinski definition) is 2. The number of benzene rings is 1. The molecule has 0 saturated carbocycles. The van der Waals surface area contributed by atoms with Gasteiger partial charge in [-0.25, -0.2) is 29.9 Å². The lowest BCUT2D eigenvalue weighted by Gasteiger charge is -1.97. The molecule has 3 aromatic heterocycles. The first-order chi connectivity index (χ1) is 21.0. The fraction of sp³-hybridized carbons (Fsp3) is 0.0857. The maximum atomic E-state index is 5.02. The Hall–Kier alpha value is -5.76. The molecule has 0 fully saturated rings. The molecule has 210 valence electrons. The topological polar surface area (TPSA) is 109 Å². The van der Waals surface area contributed by atoms with Crippen molar-refractivity contribution in [3.8, 4) is 0 Å². The number of nitrogens with zero attached hydrogens (tertiary/aromatic N) is 6. The van der Waals surface area contributed by atoms with Crippen molar-refractivity contribution in [3.63, 3.8) is 0 Å². The van der Waals surface area contributed by atoms with Crippen LogP contribution in [0.3, 0.4) is 0 Å². The minimum Gasteiger partial charge on any atom is -0.324 e. The van der Waals surface area contributed by atoms with Crippen molar-refractivity contribution in [2.24, 2.45) is 0 Å². The number of aromatic nitrogens is 8. The first-order valence-corrected chi connectivity index (χ1v) is 13.9. The minimum absolute atomic E-state index is 0.480. The highest BCUT2D eigenvalue weighted by atomic mass is 15.1. The van der Waals surface area contributed by atoms with Crippen molar-refractivity contribution >= 4 is 67.8 Å². The Labute approximate surface area is 249 Å². The molecular formula is C35H30N8. The molecule has 0 radical (unpaired) electrons. The fourth-order valence-electron chi connectivity index (χ4n) is 5.29. The van der Waals surface area contributed by atoms with Crippen molar-refractivity contribution in [1.29, 1.82) is 0 Å². The van der Waals surface area contributed by atoms with E-state index in [4.69, 9.17) is 29.9 Å². The highest BCUT2D eigenvalue weighted by Crippen LogP contribution is 2.33. The van der Waals surface area contributed by atoms with E-state index in [1.54, 1.807) is 18.2 Å². The zero-order chi connectivity index (χ0) is 30.1. The Morgan fingerprint density at radius 2 is 0.907 bits per heavy atom. The second-order valence-electron chi connectivity index (χ2n) is 9.75. The average Bonchev–Trinajstić information content (AvgIpc) is 3.72. The summed E-state index contributed by atoms with van der Waals surface area (Å²) in [6, 6.07) is 7.97. The molecule has 8 bridgehead atoms. The Balaban J connectivity index is 1.89. The van der Waals surface area contributed by atoms with Gasteiger partial charge in [0.15, 0.2) is 23.3 Å². The molecule has 2 aliphatic rings. The molecule has 8 heteroatoms. The third kappa shape index (κ3) is 4.59. The van der Waals surface area contributed by atoms with Gasteiger partial charge in [-0.05, 0) is 20.8 Å². The van der Waals surface area contributed by atoms with Gasteiger partial charge in [-0.3, -0.25) is 0 Å². The van der Waals surface area contributed by atoms with E-state index in [-0.39, 0.29) is 0 Å². The van der Waals surface area contributed by atoms with E-state index in [9.17, 15) is 0 Å². The maximum Gasteiger partial charge on any atom is 0.164 e. The highest BCUT2D eigenvalue weighted by molar-refractivity contribution is 6.06. The van der Waals surface area contributed by atoms with Gasteiger partial charge in [-0.1, -0.05) is 98.7 Å². The Kier molecular flexibility index (Phi) is 7.17. The number of fused-ring (bicyclic) bond motifs is 11. The number of rotatable bonds is 6. The van der Waals surface area contributed by atoms with E-state index in [0.29, 0.717) is 45.9 Å². The van der Waals surface area contributed by atoms with Crippen LogP contribution in [0.1, 0.15) is 55.2 Å². The molecular weight excluding hydrogens is 532 g/mol. The van der Waals surface area contributed by atoms with Crippen LogP contribution in [0.15, 0.2) is 86.5 Å². The number of hydrogen-bond acceptors (Lipinski definition) is 6. The summed E-state index contributed by atoms with van der Waals surface area (Å²) in [4.78, 5) is 36.6. The minimum atomic E-state index is 0.480. The van der Waals surface area contributed by atoms with Gasteiger partial charge in [0, 0.05) is 44.2 Å². The largest absolute Gasteiger partial charge is 0.324 e. The predicted molar refractivity (Wildman–Crippen MR) is 178 cm³/mol. The average molecular weight is 563 g/mol. The summed E-state index contributed by atoms with van der Waals surface area (Å²) >= 11 is 0. The molecule has 6 rings (SSSR count). The molecule has 0 spiro atoms. The molecule has 0 unspecified atom stereocenters. The van der Waals surface area contributed by atoms with E-state index >= 15 is 0 Å². The lowest BCUT2D eigenvalue weighted by molar-refractivity contribution is 1.10. The molecule has 2 N–H and O–H groups in total. The van der Waals surface area contributed by atoms with Crippen molar-refractivity contribution in [3.05, 3.63) is 121 Å². The van der Waals surface area contributed by atoms with Crippen LogP contribution in [0.25, 0.3) is 67.8 Å². The normalized spacial score (nSPS) is 13.7. The highest BCUT2D eigenvalue weighted by Gasteiger charge is 2.22. The lowest BCUT2D eigenvalue weighted by atomic mass is 10.1. The van der Waals surface area contributed by atoms with E-state index in [0.717, 1.165) is 44.2 Å².